The summed E-state index contributed by atoms with van der Waals surface area (Å²) in [6, 6.07) is 3.19. The highest BCUT2D eigenvalue weighted by Crippen LogP contribution is 2.26. The molecule has 9 heteroatoms. The van der Waals surface area contributed by atoms with Gasteiger partial charge in [-0.05, 0) is 31.5 Å². The molecule has 0 fully saturated rings. The van der Waals surface area contributed by atoms with Crippen LogP contribution >= 0.6 is 11.6 Å². The molecule has 1 unspecified atom stereocenters. The zero-order valence-electron chi connectivity index (χ0n) is 13.0. The van der Waals surface area contributed by atoms with Crippen LogP contribution in [0.1, 0.15) is 19.4 Å². The average Bonchev–Trinajstić information content (AvgIpc) is 2.44. The van der Waals surface area contributed by atoms with Gasteiger partial charge in [-0.1, -0.05) is 17.7 Å². The maximum absolute atomic E-state index is 12.8. The quantitative estimate of drug-likeness (QED) is 0.759. The molecule has 0 heterocycles. The van der Waals surface area contributed by atoms with E-state index in [1.54, 1.807) is 13.0 Å². The number of hydrogen-bond donors (Lipinski definition) is 2. The fourth-order valence-corrected chi connectivity index (χ4v) is 4.07. The van der Waals surface area contributed by atoms with Crippen LogP contribution in [0.15, 0.2) is 23.1 Å². The van der Waals surface area contributed by atoms with Crippen LogP contribution in [-0.2, 0) is 19.6 Å². The number of carbonyl (C=O) groups is 2. The molecule has 1 aromatic carbocycles. The predicted molar refractivity (Wildman–Crippen MR) is 85.9 cm³/mol. The third-order valence-corrected chi connectivity index (χ3v) is 5.62. The van der Waals surface area contributed by atoms with Gasteiger partial charge in [-0.15, -0.1) is 0 Å². The Kier molecular flexibility index (Phi) is 6.55. The van der Waals surface area contributed by atoms with Gasteiger partial charge < -0.3 is 10.4 Å². The molecular formula is C14H19ClN2O5S. The summed E-state index contributed by atoms with van der Waals surface area (Å²) in [5.41, 5.74) is 0.678. The summed E-state index contributed by atoms with van der Waals surface area (Å²) in [6.45, 7) is 4.07. The molecule has 0 aliphatic carbocycles. The second-order valence-electron chi connectivity index (χ2n) is 5.05. The number of aryl methyl sites for hydroxylation is 1. The van der Waals surface area contributed by atoms with E-state index < -0.39 is 22.0 Å². The molecule has 7 nitrogen and oxygen atoms in total. The highest BCUT2D eigenvalue weighted by molar-refractivity contribution is 7.89. The highest BCUT2D eigenvalue weighted by atomic mass is 35.5. The van der Waals surface area contributed by atoms with Crippen molar-refractivity contribution in [3.63, 3.8) is 0 Å². The van der Waals surface area contributed by atoms with Crippen molar-refractivity contribution < 1.29 is 23.1 Å². The van der Waals surface area contributed by atoms with E-state index in [0.29, 0.717) is 5.56 Å². The van der Waals surface area contributed by atoms with Crippen molar-refractivity contribution in [2.75, 3.05) is 13.1 Å². The van der Waals surface area contributed by atoms with Gasteiger partial charge in [0.25, 0.3) is 0 Å². The first-order chi connectivity index (χ1) is 10.6. The largest absolute Gasteiger partial charge is 0.480 e. The number of nitrogens with one attached hydrogen (secondary N) is 1. The molecule has 1 amide bonds. The maximum Gasteiger partial charge on any atom is 0.321 e. The van der Waals surface area contributed by atoms with Crippen LogP contribution < -0.4 is 5.32 Å². The Balaban J connectivity index is 3.24. The summed E-state index contributed by atoms with van der Waals surface area (Å²) in [5.74, 6) is -1.63. The van der Waals surface area contributed by atoms with Crippen LogP contribution in [0.5, 0.6) is 0 Å². The monoisotopic (exact) mass is 362 g/mol. The van der Waals surface area contributed by atoms with Crippen molar-refractivity contribution in [2.45, 2.75) is 31.7 Å². The number of carbonyl (C=O) groups excluding carboxylic acids is 1. The molecule has 0 saturated heterocycles. The Morgan fingerprint density at radius 1 is 1.39 bits per heavy atom. The minimum absolute atomic E-state index is 0.00435. The third kappa shape index (κ3) is 4.92. The van der Waals surface area contributed by atoms with Crippen LogP contribution in [0.4, 0.5) is 0 Å². The lowest BCUT2D eigenvalue weighted by Crippen LogP contribution is -2.46. The zero-order chi connectivity index (χ0) is 17.8. The molecule has 1 aromatic rings. The lowest BCUT2D eigenvalue weighted by Gasteiger charge is -2.26. The number of carboxylic acid groups (broad SMARTS) is 1. The molecule has 2 N–H and O–H groups in total. The van der Waals surface area contributed by atoms with E-state index >= 15 is 0 Å². The Labute approximate surface area is 140 Å². The van der Waals surface area contributed by atoms with Gasteiger partial charge in [0.1, 0.15) is 10.9 Å². The standard InChI is InChI=1S/C14H19ClN2O5S/c1-9-4-5-12(15)13(8-9)23(21,22)17(10(2)14(19)20)7-6-16-11(3)18/h4-5,8,10H,6-7H2,1-3H3,(H,16,18)(H,19,20). The number of amides is 1. The van der Waals surface area contributed by atoms with E-state index in [9.17, 15) is 18.0 Å². The molecular weight excluding hydrogens is 344 g/mol. The van der Waals surface area contributed by atoms with Crippen molar-refractivity contribution in [2.24, 2.45) is 0 Å². The second-order valence-corrected chi connectivity index (χ2v) is 7.31. The van der Waals surface area contributed by atoms with E-state index in [4.69, 9.17) is 16.7 Å². The smallest absolute Gasteiger partial charge is 0.321 e. The fraction of sp³-hybridized carbons (Fsp3) is 0.429. The molecule has 1 atom stereocenters. The first-order valence-corrected chi connectivity index (χ1v) is 8.64. The van der Waals surface area contributed by atoms with Crippen molar-refractivity contribution >= 4 is 33.5 Å². The molecule has 0 aliphatic heterocycles. The Morgan fingerprint density at radius 2 is 2.00 bits per heavy atom. The molecule has 0 saturated carbocycles. The zero-order valence-corrected chi connectivity index (χ0v) is 14.6. The maximum atomic E-state index is 12.8. The topological polar surface area (TPSA) is 104 Å². The third-order valence-electron chi connectivity index (χ3n) is 3.17. The fourth-order valence-electron chi connectivity index (χ4n) is 1.92. The van der Waals surface area contributed by atoms with E-state index in [1.165, 1.54) is 26.0 Å². The number of benzene rings is 1. The molecule has 0 bridgehead atoms. The van der Waals surface area contributed by atoms with Gasteiger partial charge in [-0.2, -0.15) is 4.31 Å². The van der Waals surface area contributed by atoms with E-state index in [2.05, 4.69) is 5.32 Å². The lowest BCUT2D eigenvalue weighted by molar-refractivity contribution is -0.140. The van der Waals surface area contributed by atoms with Gasteiger partial charge in [0.2, 0.25) is 15.9 Å². The molecule has 128 valence electrons. The van der Waals surface area contributed by atoms with Gasteiger partial charge >= 0.3 is 5.97 Å². The number of hydrogen-bond acceptors (Lipinski definition) is 4. The molecule has 1 rings (SSSR count). The molecule has 0 radical (unpaired) electrons. The summed E-state index contributed by atoms with van der Waals surface area (Å²) in [6.07, 6.45) is 0. The molecule has 0 aromatic heterocycles. The van der Waals surface area contributed by atoms with Gasteiger partial charge in [0.05, 0.1) is 5.02 Å². The number of halogens is 1. The number of rotatable bonds is 7. The lowest BCUT2D eigenvalue weighted by atomic mass is 10.2. The molecule has 0 aliphatic rings. The van der Waals surface area contributed by atoms with Crippen LogP contribution in [0.2, 0.25) is 5.02 Å². The van der Waals surface area contributed by atoms with Crippen LogP contribution in [0.3, 0.4) is 0 Å². The van der Waals surface area contributed by atoms with E-state index in [0.717, 1.165) is 4.31 Å². The predicted octanol–water partition coefficient (Wildman–Crippen LogP) is 1.25. The van der Waals surface area contributed by atoms with Crippen molar-refractivity contribution in [3.8, 4) is 0 Å². The summed E-state index contributed by atoms with van der Waals surface area (Å²) in [7, 11) is -4.13. The van der Waals surface area contributed by atoms with Crippen molar-refractivity contribution in [1.29, 1.82) is 0 Å². The van der Waals surface area contributed by atoms with Gasteiger partial charge in [-0.3, -0.25) is 9.59 Å². The van der Waals surface area contributed by atoms with Crippen LogP contribution in [0, 0.1) is 6.92 Å². The molecule has 0 spiro atoms. The number of nitrogens with zero attached hydrogens (tertiary/aromatic N) is 1. The summed E-state index contributed by atoms with van der Waals surface area (Å²) in [4.78, 5) is 22.0. The van der Waals surface area contributed by atoms with Crippen LogP contribution in [-0.4, -0.2) is 48.8 Å². The average molecular weight is 363 g/mol. The Hall–Kier alpha value is -1.64. The number of carboxylic acids is 1. The van der Waals surface area contributed by atoms with Crippen molar-refractivity contribution in [3.05, 3.63) is 28.8 Å². The number of aliphatic carboxylic acids is 1. The molecule has 23 heavy (non-hydrogen) atoms. The Bertz CT molecular complexity index is 705. The highest BCUT2D eigenvalue weighted by Gasteiger charge is 2.34. The van der Waals surface area contributed by atoms with Gasteiger partial charge in [0, 0.05) is 20.0 Å². The number of sulfonamides is 1. The minimum atomic E-state index is -4.13. The van der Waals surface area contributed by atoms with Crippen molar-refractivity contribution in [1.82, 2.24) is 9.62 Å². The van der Waals surface area contributed by atoms with E-state index in [1.807, 2.05) is 0 Å². The van der Waals surface area contributed by atoms with Crippen LogP contribution in [0.25, 0.3) is 0 Å². The SMILES string of the molecule is CC(=O)NCCN(C(C)C(=O)O)S(=O)(=O)c1cc(C)ccc1Cl. The first-order valence-electron chi connectivity index (χ1n) is 6.82. The van der Waals surface area contributed by atoms with E-state index in [-0.39, 0.29) is 28.9 Å². The Morgan fingerprint density at radius 3 is 2.52 bits per heavy atom. The summed E-state index contributed by atoms with van der Waals surface area (Å²) in [5, 5.41) is 11.6. The second kappa shape index (κ2) is 7.76. The summed E-state index contributed by atoms with van der Waals surface area (Å²) >= 11 is 5.97. The minimum Gasteiger partial charge on any atom is -0.480 e. The summed E-state index contributed by atoms with van der Waals surface area (Å²) < 4.78 is 26.4. The van der Waals surface area contributed by atoms with Gasteiger partial charge in [0.15, 0.2) is 0 Å². The normalized spacial score (nSPS) is 12.9. The van der Waals surface area contributed by atoms with Gasteiger partial charge in [-0.25, -0.2) is 8.42 Å². The first kappa shape index (κ1) is 19.4.